The lowest BCUT2D eigenvalue weighted by Crippen LogP contribution is -2.14. The predicted octanol–water partition coefficient (Wildman–Crippen LogP) is 3.45. The highest BCUT2D eigenvalue weighted by atomic mass is 35.5. The summed E-state index contributed by atoms with van der Waals surface area (Å²) in [5.41, 5.74) is 10.2. The molecule has 3 nitrogen and oxygen atoms in total. The smallest absolute Gasteiger partial charge is 0.121 e. The summed E-state index contributed by atoms with van der Waals surface area (Å²) in [6, 6.07) is 11.8. The summed E-state index contributed by atoms with van der Waals surface area (Å²) in [5.74, 6) is 0.815. The van der Waals surface area contributed by atoms with E-state index in [0.29, 0.717) is 0 Å². The number of halogens is 1. The number of nitrogen functional groups attached to an aromatic ring is 1. The van der Waals surface area contributed by atoms with Crippen molar-refractivity contribution in [2.75, 3.05) is 17.7 Å². The fourth-order valence-electron chi connectivity index (χ4n) is 2.45. The van der Waals surface area contributed by atoms with Crippen LogP contribution in [0.25, 0.3) is 0 Å². The number of nitrogens with zero attached hydrogens (tertiary/aromatic N) is 1. The lowest BCUT2D eigenvalue weighted by Gasteiger charge is -2.19. The van der Waals surface area contributed by atoms with E-state index in [1.165, 1.54) is 11.1 Å². The lowest BCUT2D eigenvalue weighted by atomic mass is 10.1. The largest absolute Gasteiger partial charge is 0.497 e. The van der Waals surface area contributed by atoms with Crippen molar-refractivity contribution < 1.29 is 4.74 Å². The van der Waals surface area contributed by atoms with Crippen LogP contribution in [0.2, 0.25) is 5.02 Å². The fraction of sp³-hybridized carbons (Fsp3) is 0.200. The summed E-state index contributed by atoms with van der Waals surface area (Å²) < 4.78 is 5.26. The zero-order valence-electron chi connectivity index (χ0n) is 10.7. The Bertz CT molecular complexity index is 628. The standard InChI is InChI=1S/C15H15ClN2O/c1-19-13-4-5-14(16)15(7-13)18-8-10-2-3-12(17)6-11(10)9-18/h2-7H,8-9,17H2,1H3. The van der Waals surface area contributed by atoms with E-state index in [1.54, 1.807) is 7.11 Å². The minimum absolute atomic E-state index is 0.738. The first-order valence-corrected chi connectivity index (χ1v) is 6.51. The molecule has 19 heavy (non-hydrogen) atoms. The van der Waals surface area contributed by atoms with Crippen molar-refractivity contribution in [3.05, 3.63) is 52.5 Å². The van der Waals surface area contributed by atoms with Gasteiger partial charge < -0.3 is 15.4 Å². The number of benzene rings is 2. The van der Waals surface area contributed by atoms with Gasteiger partial charge in [-0.1, -0.05) is 17.7 Å². The molecule has 1 aliphatic heterocycles. The predicted molar refractivity (Wildman–Crippen MR) is 78.7 cm³/mol. The molecule has 1 heterocycles. The van der Waals surface area contributed by atoms with Gasteiger partial charge in [-0.2, -0.15) is 0 Å². The van der Waals surface area contributed by atoms with Gasteiger partial charge in [-0.25, -0.2) is 0 Å². The lowest BCUT2D eigenvalue weighted by molar-refractivity contribution is 0.415. The van der Waals surface area contributed by atoms with Crippen molar-refractivity contribution >= 4 is 23.0 Å². The topological polar surface area (TPSA) is 38.5 Å². The van der Waals surface area contributed by atoms with Gasteiger partial charge in [0.1, 0.15) is 5.75 Å². The van der Waals surface area contributed by atoms with Gasteiger partial charge in [0.05, 0.1) is 17.8 Å². The first-order valence-electron chi connectivity index (χ1n) is 6.13. The number of rotatable bonds is 2. The highest BCUT2D eigenvalue weighted by molar-refractivity contribution is 6.33. The minimum Gasteiger partial charge on any atom is -0.497 e. The zero-order valence-corrected chi connectivity index (χ0v) is 11.4. The molecule has 3 rings (SSSR count). The summed E-state index contributed by atoms with van der Waals surface area (Å²) in [7, 11) is 1.66. The van der Waals surface area contributed by atoms with Gasteiger partial charge in [-0.15, -0.1) is 0 Å². The third-order valence-corrected chi connectivity index (χ3v) is 3.77. The van der Waals surface area contributed by atoms with E-state index in [2.05, 4.69) is 11.0 Å². The van der Waals surface area contributed by atoms with Crippen molar-refractivity contribution in [1.29, 1.82) is 0 Å². The number of methoxy groups -OCH3 is 1. The molecular weight excluding hydrogens is 260 g/mol. The first-order chi connectivity index (χ1) is 9.17. The van der Waals surface area contributed by atoms with Gasteiger partial charge >= 0.3 is 0 Å². The van der Waals surface area contributed by atoms with E-state index in [0.717, 1.165) is 35.2 Å². The molecule has 2 aromatic carbocycles. The molecule has 0 bridgehead atoms. The zero-order chi connectivity index (χ0) is 13.4. The average Bonchev–Trinajstić information content (AvgIpc) is 2.82. The SMILES string of the molecule is COc1ccc(Cl)c(N2Cc3ccc(N)cc3C2)c1. The van der Waals surface area contributed by atoms with Crippen molar-refractivity contribution in [2.24, 2.45) is 0 Å². The van der Waals surface area contributed by atoms with Crippen molar-refractivity contribution in [3.63, 3.8) is 0 Å². The van der Waals surface area contributed by atoms with Crippen LogP contribution in [0, 0.1) is 0 Å². The molecule has 0 spiro atoms. The molecule has 0 saturated carbocycles. The minimum atomic E-state index is 0.738. The number of anilines is 2. The van der Waals surface area contributed by atoms with Gasteiger partial charge in [0.15, 0.2) is 0 Å². The number of fused-ring (bicyclic) bond motifs is 1. The molecule has 4 heteroatoms. The van der Waals surface area contributed by atoms with Crippen molar-refractivity contribution in [1.82, 2.24) is 0 Å². The van der Waals surface area contributed by atoms with Crippen molar-refractivity contribution in [3.8, 4) is 5.75 Å². The molecule has 0 fully saturated rings. The van der Waals surface area contributed by atoms with E-state index in [-0.39, 0.29) is 0 Å². The van der Waals surface area contributed by atoms with Crippen LogP contribution in [0.5, 0.6) is 5.75 Å². The van der Waals surface area contributed by atoms with Crippen LogP contribution in [0.3, 0.4) is 0 Å². The Morgan fingerprint density at radius 1 is 1.11 bits per heavy atom. The molecule has 0 aliphatic carbocycles. The third kappa shape index (κ3) is 2.22. The van der Waals surface area contributed by atoms with E-state index in [1.807, 2.05) is 30.3 Å². The maximum Gasteiger partial charge on any atom is 0.121 e. The maximum atomic E-state index is 6.29. The summed E-state index contributed by atoms with van der Waals surface area (Å²) in [6.45, 7) is 1.68. The van der Waals surface area contributed by atoms with Gasteiger partial charge in [0, 0.05) is 24.8 Å². The number of ether oxygens (including phenoxy) is 1. The van der Waals surface area contributed by atoms with Crippen LogP contribution in [-0.2, 0) is 13.1 Å². The monoisotopic (exact) mass is 274 g/mol. The van der Waals surface area contributed by atoms with Gasteiger partial charge in [0.25, 0.3) is 0 Å². The highest BCUT2D eigenvalue weighted by Gasteiger charge is 2.21. The molecule has 0 atom stereocenters. The Labute approximate surface area is 117 Å². The first kappa shape index (κ1) is 12.2. The van der Waals surface area contributed by atoms with E-state index in [4.69, 9.17) is 22.1 Å². The van der Waals surface area contributed by atoms with E-state index < -0.39 is 0 Å². The van der Waals surface area contributed by atoms with Gasteiger partial charge in [0.2, 0.25) is 0 Å². The molecule has 0 radical (unpaired) electrons. The summed E-state index contributed by atoms with van der Waals surface area (Å²) in [5, 5.41) is 0.738. The van der Waals surface area contributed by atoms with Crippen LogP contribution in [-0.4, -0.2) is 7.11 Å². The van der Waals surface area contributed by atoms with Crippen LogP contribution in [0.15, 0.2) is 36.4 Å². The Morgan fingerprint density at radius 3 is 2.68 bits per heavy atom. The van der Waals surface area contributed by atoms with Crippen LogP contribution < -0.4 is 15.4 Å². The van der Waals surface area contributed by atoms with Gasteiger partial charge in [-0.05, 0) is 35.4 Å². The molecular formula is C15H15ClN2O. The molecule has 0 unspecified atom stereocenters. The second kappa shape index (κ2) is 4.67. The molecule has 0 saturated heterocycles. The Kier molecular flexibility index (Phi) is 2.99. The van der Waals surface area contributed by atoms with Crippen LogP contribution in [0.1, 0.15) is 11.1 Å². The molecule has 2 aromatic rings. The quantitative estimate of drug-likeness (QED) is 0.853. The summed E-state index contributed by atoms with van der Waals surface area (Å²) in [6.07, 6.45) is 0. The number of hydrogen-bond acceptors (Lipinski definition) is 3. The number of hydrogen-bond donors (Lipinski definition) is 1. The maximum absolute atomic E-state index is 6.29. The van der Waals surface area contributed by atoms with Gasteiger partial charge in [-0.3, -0.25) is 0 Å². The van der Waals surface area contributed by atoms with E-state index >= 15 is 0 Å². The molecule has 98 valence electrons. The number of nitrogens with two attached hydrogens (primary N) is 1. The van der Waals surface area contributed by atoms with E-state index in [9.17, 15) is 0 Å². The Balaban J connectivity index is 1.94. The van der Waals surface area contributed by atoms with Crippen molar-refractivity contribution in [2.45, 2.75) is 13.1 Å². The second-order valence-corrected chi connectivity index (χ2v) is 5.11. The highest BCUT2D eigenvalue weighted by Crippen LogP contribution is 2.36. The molecule has 2 N–H and O–H groups in total. The third-order valence-electron chi connectivity index (χ3n) is 3.45. The Hall–Kier alpha value is -1.87. The molecule has 0 aromatic heterocycles. The van der Waals surface area contributed by atoms with Crippen LogP contribution >= 0.6 is 11.6 Å². The normalized spacial score (nSPS) is 13.5. The molecule has 1 aliphatic rings. The fourth-order valence-corrected chi connectivity index (χ4v) is 2.68. The second-order valence-electron chi connectivity index (χ2n) is 4.70. The molecule has 0 amide bonds. The van der Waals surface area contributed by atoms with Crippen LogP contribution in [0.4, 0.5) is 11.4 Å². The summed E-state index contributed by atoms with van der Waals surface area (Å²) >= 11 is 6.29. The summed E-state index contributed by atoms with van der Waals surface area (Å²) in [4.78, 5) is 2.23. The average molecular weight is 275 g/mol. The Morgan fingerprint density at radius 2 is 1.89 bits per heavy atom.